The molecule has 4 N–H and O–H groups in total. The molecule has 0 unspecified atom stereocenters. The van der Waals surface area contributed by atoms with E-state index in [2.05, 4.69) is 26.4 Å². The molecule has 1 aromatic carbocycles. The predicted molar refractivity (Wildman–Crippen MR) is 153 cm³/mol. The van der Waals surface area contributed by atoms with Crippen LogP contribution in [0.4, 0.5) is 18.9 Å². The molecule has 0 spiro atoms. The van der Waals surface area contributed by atoms with Crippen LogP contribution in [0.15, 0.2) is 30.5 Å². The summed E-state index contributed by atoms with van der Waals surface area (Å²) in [7, 11) is 0. The summed E-state index contributed by atoms with van der Waals surface area (Å²) in [5.74, 6) is -2.03. The Morgan fingerprint density at radius 2 is 1.74 bits per heavy atom. The zero-order valence-electron chi connectivity index (χ0n) is 24.4. The van der Waals surface area contributed by atoms with Crippen molar-refractivity contribution in [2.45, 2.75) is 89.1 Å². The Kier molecular flexibility index (Phi) is 7.99. The van der Waals surface area contributed by atoms with E-state index in [9.17, 15) is 27.6 Å². The highest BCUT2D eigenvalue weighted by atomic mass is 19.4. The van der Waals surface area contributed by atoms with E-state index in [1.165, 1.54) is 0 Å². The quantitative estimate of drug-likeness (QED) is 0.325. The fraction of sp³-hybridized carbons (Fsp3) is 0.613. The smallest absolute Gasteiger partial charge is 0.348 e. The average molecular weight is 601 g/mol. The van der Waals surface area contributed by atoms with E-state index in [4.69, 9.17) is 0 Å². The van der Waals surface area contributed by atoms with E-state index in [-0.39, 0.29) is 36.7 Å². The third-order valence-corrected chi connectivity index (χ3v) is 9.41. The van der Waals surface area contributed by atoms with Crippen LogP contribution in [0, 0.1) is 23.7 Å². The number of carbonyl (C=O) groups is 3. The van der Waals surface area contributed by atoms with Crippen LogP contribution in [-0.2, 0) is 16.0 Å². The van der Waals surface area contributed by atoms with Crippen molar-refractivity contribution in [2.75, 3.05) is 11.9 Å². The van der Waals surface area contributed by atoms with Crippen LogP contribution >= 0.6 is 0 Å². The molecule has 1 aromatic heterocycles. The molecule has 3 amide bonds. The molecule has 1 aliphatic heterocycles. The first-order chi connectivity index (χ1) is 20.5. The fourth-order valence-corrected chi connectivity index (χ4v) is 7.01. The van der Waals surface area contributed by atoms with E-state index < -0.39 is 36.1 Å². The number of aromatic nitrogens is 2. The first-order valence-corrected chi connectivity index (χ1v) is 15.4. The number of amides is 3. The van der Waals surface area contributed by atoms with E-state index in [0.29, 0.717) is 36.1 Å². The van der Waals surface area contributed by atoms with Crippen molar-refractivity contribution in [3.8, 4) is 0 Å². The summed E-state index contributed by atoms with van der Waals surface area (Å²) in [5, 5.41) is 15.9. The van der Waals surface area contributed by atoms with Crippen LogP contribution in [0.5, 0.6) is 0 Å². The molecule has 4 aliphatic rings. The maximum Gasteiger partial charge on any atom is 0.393 e. The van der Waals surface area contributed by atoms with Crippen molar-refractivity contribution in [2.24, 2.45) is 23.7 Å². The third kappa shape index (κ3) is 6.30. The monoisotopic (exact) mass is 600 g/mol. The third-order valence-electron chi connectivity index (χ3n) is 9.41. The van der Waals surface area contributed by atoms with Gasteiger partial charge in [0.25, 0.3) is 5.91 Å². The SMILES string of the molecule is CC(C)n1nccc1C(=O)N[C@H](C(=O)Nc1ccc2c(c1)CC[C@H]2NC(=O)[C@H]1NCC[C@@H]1C(F)(F)F)C(C1CC1)C1CC1. The molecule has 0 bridgehead atoms. The van der Waals surface area contributed by atoms with Crippen LogP contribution < -0.4 is 21.3 Å². The summed E-state index contributed by atoms with van der Waals surface area (Å²) < 4.78 is 41.8. The minimum Gasteiger partial charge on any atom is -0.348 e. The molecule has 9 nitrogen and oxygen atoms in total. The Hall–Kier alpha value is -3.41. The van der Waals surface area contributed by atoms with E-state index in [1.807, 2.05) is 26.0 Å². The van der Waals surface area contributed by atoms with E-state index in [0.717, 1.165) is 36.8 Å². The van der Waals surface area contributed by atoms with E-state index >= 15 is 0 Å². The summed E-state index contributed by atoms with van der Waals surface area (Å²) in [4.78, 5) is 40.0. The molecule has 12 heteroatoms. The van der Waals surface area contributed by atoms with Crippen molar-refractivity contribution in [3.63, 3.8) is 0 Å². The maximum atomic E-state index is 13.8. The van der Waals surface area contributed by atoms with Gasteiger partial charge in [-0.25, -0.2) is 0 Å². The number of aryl methyl sites for hydroxylation is 1. The summed E-state index contributed by atoms with van der Waals surface area (Å²) in [6.45, 7) is 4.04. The Balaban J connectivity index is 1.15. The van der Waals surface area contributed by atoms with Crippen molar-refractivity contribution in [1.29, 1.82) is 0 Å². The molecule has 6 rings (SSSR count). The van der Waals surface area contributed by atoms with E-state index in [1.54, 1.807) is 23.0 Å². The topological polar surface area (TPSA) is 117 Å². The Morgan fingerprint density at radius 3 is 2.40 bits per heavy atom. The lowest BCUT2D eigenvalue weighted by Crippen LogP contribution is -2.50. The minimum absolute atomic E-state index is 0.00814. The van der Waals surface area contributed by atoms with Crippen LogP contribution in [0.3, 0.4) is 0 Å². The van der Waals surface area contributed by atoms with Gasteiger partial charge >= 0.3 is 6.18 Å². The zero-order valence-corrected chi connectivity index (χ0v) is 24.4. The number of rotatable bonds is 10. The number of nitrogens with zero attached hydrogens (tertiary/aromatic N) is 2. The van der Waals surface area contributed by atoms with Crippen LogP contribution in [0.25, 0.3) is 0 Å². The molecule has 2 saturated carbocycles. The van der Waals surface area contributed by atoms with Gasteiger partial charge in [-0.2, -0.15) is 18.3 Å². The predicted octanol–water partition coefficient (Wildman–Crippen LogP) is 4.28. The number of hydrogen-bond acceptors (Lipinski definition) is 5. The molecule has 3 fully saturated rings. The number of halogens is 3. The van der Waals surface area contributed by atoms with Crippen molar-refractivity contribution in [3.05, 3.63) is 47.3 Å². The second kappa shape index (κ2) is 11.6. The van der Waals surface area contributed by atoms with Crippen molar-refractivity contribution in [1.82, 2.24) is 25.7 Å². The Morgan fingerprint density at radius 1 is 1.02 bits per heavy atom. The standard InChI is InChI=1S/C31H39F3N6O3/c1-16(2)40-24(12-14-36-40)28(41)39-27(25(17-3-4-17)18-5-6-18)30(43)37-20-8-9-21-19(15-20)7-10-23(21)38-29(42)26-22(11-13-35-26)31(32,33)34/h8-9,12,14-18,22-23,25-27,35H,3-7,10-11,13H2,1-2H3,(H,37,43)(H,38,42)(H,39,41)/t22-,23+,26-,27-/m0/s1. The maximum absolute atomic E-state index is 13.8. The molecule has 0 radical (unpaired) electrons. The number of alkyl halides is 3. The Labute approximate surface area is 248 Å². The zero-order chi connectivity index (χ0) is 30.5. The summed E-state index contributed by atoms with van der Waals surface area (Å²) in [6, 6.07) is 4.71. The van der Waals surface area contributed by atoms with Gasteiger partial charge < -0.3 is 21.3 Å². The molecule has 2 aromatic rings. The van der Waals surface area contributed by atoms with Gasteiger partial charge in [0.15, 0.2) is 0 Å². The molecular formula is C31H39F3N6O3. The first-order valence-electron chi connectivity index (χ1n) is 15.4. The summed E-state index contributed by atoms with van der Waals surface area (Å²) >= 11 is 0. The number of anilines is 1. The van der Waals surface area contributed by atoms with Gasteiger partial charge in [0.05, 0.1) is 18.0 Å². The lowest BCUT2D eigenvalue weighted by Gasteiger charge is -2.28. The van der Waals surface area contributed by atoms with Gasteiger partial charge in [-0.15, -0.1) is 0 Å². The molecule has 4 atom stereocenters. The molecule has 1 saturated heterocycles. The molecular weight excluding hydrogens is 561 g/mol. The Bertz CT molecular complexity index is 1370. The lowest BCUT2D eigenvalue weighted by molar-refractivity contribution is -0.179. The summed E-state index contributed by atoms with van der Waals surface area (Å²) in [6.07, 6.45) is 2.43. The van der Waals surface area contributed by atoms with Crippen LogP contribution in [0.1, 0.15) is 86.1 Å². The highest BCUT2D eigenvalue weighted by Gasteiger charge is 2.50. The number of benzene rings is 1. The van der Waals surface area contributed by atoms with Crippen LogP contribution in [0.2, 0.25) is 0 Å². The molecule has 3 aliphatic carbocycles. The minimum atomic E-state index is -4.43. The fourth-order valence-electron chi connectivity index (χ4n) is 7.01. The second-order valence-electron chi connectivity index (χ2n) is 12.8. The number of nitrogens with one attached hydrogen (secondary N) is 4. The largest absolute Gasteiger partial charge is 0.393 e. The highest BCUT2D eigenvalue weighted by molar-refractivity contribution is 6.01. The van der Waals surface area contributed by atoms with Gasteiger partial charge in [-0.3, -0.25) is 19.1 Å². The average Bonchev–Trinajstić information content (AvgIpc) is 3.81. The number of carbonyl (C=O) groups excluding carboxylic acids is 3. The number of hydrogen-bond donors (Lipinski definition) is 4. The van der Waals surface area contributed by atoms with Crippen LogP contribution in [-0.4, -0.2) is 52.3 Å². The van der Waals surface area contributed by atoms with Crippen molar-refractivity contribution >= 4 is 23.4 Å². The second-order valence-corrected chi connectivity index (χ2v) is 12.8. The van der Waals surface area contributed by atoms with Gasteiger partial charge in [0.2, 0.25) is 11.8 Å². The van der Waals surface area contributed by atoms with Gasteiger partial charge in [0.1, 0.15) is 11.7 Å². The number of fused-ring (bicyclic) bond motifs is 1. The van der Waals surface area contributed by atoms with Gasteiger partial charge in [-0.05, 0) is 112 Å². The first kappa shape index (κ1) is 29.7. The van der Waals surface area contributed by atoms with Crippen molar-refractivity contribution < 1.29 is 27.6 Å². The lowest BCUT2D eigenvalue weighted by atomic mass is 9.88. The highest BCUT2D eigenvalue weighted by Crippen LogP contribution is 2.51. The summed E-state index contributed by atoms with van der Waals surface area (Å²) in [5.41, 5.74) is 2.77. The molecule has 43 heavy (non-hydrogen) atoms. The molecule has 2 heterocycles. The normalized spacial score (nSPS) is 24.2. The van der Waals surface area contributed by atoms with Gasteiger partial charge in [-0.1, -0.05) is 6.07 Å². The van der Waals surface area contributed by atoms with Gasteiger partial charge in [0, 0.05) is 17.9 Å². The molecule has 232 valence electrons.